The fraction of sp³-hybridized carbons (Fsp3) is 0.524. The highest BCUT2D eigenvalue weighted by molar-refractivity contribution is 5.95. The lowest BCUT2D eigenvalue weighted by Crippen LogP contribution is -2.30. The number of carbonyl (C=O) groups excluding carboxylic acids is 1. The molecule has 0 saturated carbocycles. The molecule has 3 rings (SSSR count). The number of ether oxygens (including phenoxy) is 1. The van der Waals surface area contributed by atoms with E-state index in [1.807, 2.05) is 32.5 Å². The lowest BCUT2D eigenvalue weighted by Gasteiger charge is -2.21. The van der Waals surface area contributed by atoms with Gasteiger partial charge in [-0.25, -0.2) is 4.39 Å². The number of nitrogens with zero attached hydrogens (tertiary/aromatic N) is 3. The SMILES string of the molecule is Cn1c(C(C)(C)C)cc(=NC(=O)c2cc(F)cc(C(F)(F)F)c2)n1C[C@H]1CCCO1. The summed E-state index contributed by atoms with van der Waals surface area (Å²) in [5, 5.41) is 0. The minimum absolute atomic E-state index is 0.0357. The second-order valence-electron chi connectivity index (χ2n) is 8.52. The monoisotopic (exact) mass is 427 g/mol. The number of amides is 1. The van der Waals surface area contributed by atoms with Crippen molar-refractivity contribution in [2.45, 2.75) is 57.9 Å². The molecule has 0 bridgehead atoms. The average molecular weight is 427 g/mol. The summed E-state index contributed by atoms with van der Waals surface area (Å²) in [4.78, 5) is 16.7. The highest BCUT2D eigenvalue weighted by atomic mass is 19.4. The molecule has 5 nitrogen and oxygen atoms in total. The van der Waals surface area contributed by atoms with Crippen molar-refractivity contribution >= 4 is 5.91 Å². The molecule has 2 heterocycles. The molecule has 1 atom stereocenters. The number of rotatable bonds is 3. The van der Waals surface area contributed by atoms with Crippen LogP contribution in [0.4, 0.5) is 17.6 Å². The molecule has 0 N–H and O–H groups in total. The van der Waals surface area contributed by atoms with Crippen molar-refractivity contribution in [3.8, 4) is 0 Å². The first kappa shape index (κ1) is 22.3. The van der Waals surface area contributed by atoms with Gasteiger partial charge in [-0.3, -0.25) is 14.2 Å². The summed E-state index contributed by atoms with van der Waals surface area (Å²) in [5.74, 6) is -2.08. The van der Waals surface area contributed by atoms with E-state index in [9.17, 15) is 22.4 Å². The summed E-state index contributed by atoms with van der Waals surface area (Å²) in [6.07, 6.45) is -2.99. The molecule has 0 aliphatic carbocycles. The number of hydrogen-bond donors (Lipinski definition) is 0. The molecule has 2 aromatic rings. The van der Waals surface area contributed by atoms with Crippen LogP contribution >= 0.6 is 0 Å². The normalized spacial score (nSPS) is 18.3. The van der Waals surface area contributed by atoms with Crippen molar-refractivity contribution in [3.63, 3.8) is 0 Å². The largest absolute Gasteiger partial charge is 0.416 e. The summed E-state index contributed by atoms with van der Waals surface area (Å²) >= 11 is 0. The van der Waals surface area contributed by atoms with Gasteiger partial charge in [0.15, 0.2) is 5.49 Å². The van der Waals surface area contributed by atoms with E-state index >= 15 is 0 Å². The predicted molar refractivity (Wildman–Crippen MR) is 102 cm³/mol. The minimum atomic E-state index is -4.76. The van der Waals surface area contributed by atoms with Gasteiger partial charge in [0.1, 0.15) is 5.82 Å². The Bertz CT molecular complexity index is 1010. The molecule has 1 aromatic carbocycles. The van der Waals surface area contributed by atoms with Crippen LogP contribution in [0.1, 0.15) is 55.2 Å². The van der Waals surface area contributed by atoms with Crippen LogP contribution in [0.25, 0.3) is 0 Å². The lowest BCUT2D eigenvalue weighted by molar-refractivity contribution is -0.137. The maximum atomic E-state index is 13.7. The lowest BCUT2D eigenvalue weighted by atomic mass is 9.92. The minimum Gasteiger partial charge on any atom is -0.376 e. The van der Waals surface area contributed by atoms with Crippen LogP contribution in [0.3, 0.4) is 0 Å². The maximum absolute atomic E-state index is 13.7. The number of hydrogen-bond acceptors (Lipinski definition) is 2. The first-order chi connectivity index (χ1) is 13.9. The molecule has 164 valence electrons. The number of aromatic nitrogens is 2. The van der Waals surface area contributed by atoms with Crippen LogP contribution in [0.15, 0.2) is 29.3 Å². The van der Waals surface area contributed by atoms with Crippen LogP contribution in [-0.4, -0.2) is 28.0 Å². The maximum Gasteiger partial charge on any atom is 0.416 e. The number of halogens is 4. The predicted octanol–water partition coefficient (Wildman–Crippen LogP) is 4.20. The first-order valence-corrected chi connectivity index (χ1v) is 9.72. The smallest absolute Gasteiger partial charge is 0.376 e. The molecule has 1 amide bonds. The molecule has 1 aliphatic rings. The second-order valence-corrected chi connectivity index (χ2v) is 8.52. The van der Waals surface area contributed by atoms with E-state index in [1.54, 1.807) is 10.7 Å². The van der Waals surface area contributed by atoms with Crippen molar-refractivity contribution in [2.24, 2.45) is 12.0 Å². The fourth-order valence-electron chi connectivity index (χ4n) is 3.61. The third-order valence-corrected chi connectivity index (χ3v) is 5.10. The van der Waals surface area contributed by atoms with Crippen LogP contribution < -0.4 is 5.49 Å². The molecule has 30 heavy (non-hydrogen) atoms. The van der Waals surface area contributed by atoms with Crippen molar-refractivity contribution in [1.82, 2.24) is 9.36 Å². The van der Waals surface area contributed by atoms with Gasteiger partial charge in [-0.2, -0.15) is 18.2 Å². The van der Waals surface area contributed by atoms with Gasteiger partial charge in [0.25, 0.3) is 5.91 Å². The van der Waals surface area contributed by atoms with Gasteiger partial charge in [0.05, 0.1) is 18.2 Å². The fourth-order valence-corrected chi connectivity index (χ4v) is 3.61. The highest BCUT2D eigenvalue weighted by Gasteiger charge is 2.32. The molecule has 1 saturated heterocycles. The quantitative estimate of drug-likeness (QED) is 0.690. The van der Waals surface area contributed by atoms with E-state index in [0.717, 1.165) is 24.6 Å². The van der Waals surface area contributed by atoms with Crippen LogP contribution in [0.2, 0.25) is 0 Å². The average Bonchev–Trinajstić information content (AvgIpc) is 3.23. The third kappa shape index (κ3) is 4.83. The standard InChI is InChI=1S/C21H25F4N3O2/c1-20(2,3)17-11-18(28(27(17)4)12-16-6-5-7-30-16)26-19(29)13-8-14(21(23,24)25)10-15(22)9-13/h8-11,16H,5-7,12H2,1-4H3/t16-/m1/s1. The molecule has 1 fully saturated rings. The van der Waals surface area contributed by atoms with E-state index < -0.39 is 29.0 Å². The van der Waals surface area contributed by atoms with E-state index in [1.165, 1.54) is 0 Å². The van der Waals surface area contributed by atoms with Crippen LogP contribution in [0.5, 0.6) is 0 Å². The van der Waals surface area contributed by atoms with Crippen LogP contribution in [-0.2, 0) is 29.9 Å². The van der Waals surface area contributed by atoms with Gasteiger partial charge in [-0.05, 0) is 31.0 Å². The number of alkyl halides is 3. The second kappa shape index (κ2) is 8.02. The van der Waals surface area contributed by atoms with Gasteiger partial charge < -0.3 is 4.74 Å². The van der Waals surface area contributed by atoms with Crippen molar-refractivity contribution in [1.29, 1.82) is 0 Å². The summed E-state index contributed by atoms with van der Waals surface area (Å²) < 4.78 is 62.0. The summed E-state index contributed by atoms with van der Waals surface area (Å²) in [5.41, 5.74) is -0.751. The van der Waals surface area contributed by atoms with Gasteiger partial charge in [0.2, 0.25) is 0 Å². The molecular weight excluding hydrogens is 402 g/mol. The van der Waals surface area contributed by atoms with E-state index in [0.29, 0.717) is 30.8 Å². The van der Waals surface area contributed by atoms with E-state index in [-0.39, 0.29) is 11.5 Å². The zero-order valence-electron chi connectivity index (χ0n) is 17.4. The Hall–Kier alpha value is -2.42. The highest BCUT2D eigenvalue weighted by Crippen LogP contribution is 2.30. The van der Waals surface area contributed by atoms with Gasteiger partial charge >= 0.3 is 6.18 Å². The molecule has 9 heteroatoms. The zero-order valence-corrected chi connectivity index (χ0v) is 17.4. The number of carbonyl (C=O) groups is 1. The van der Waals surface area contributed by atoms with Crippen molar-refractivity contribution in [3.05, 3.63) is 52.4 Å². The molecule has 1 aliphatic heterocycles. The summed E-state index contributed by atoms with van der Waals surface area (Å²) in [6.45, 7) is 7.14. The van der Waals surface area contributed by atoms with Crippen LogP contribution in [0, 0.1) is 5.82 Å². The molecular formula is C21H25F4N3O2. The Kier molecular flexibility index (Phi) is 5.95. The summed E-state index contributed by atoms with van der Waals surface area (Å²) in [6, 6.07) is 3.47. The Balaban J connectivity index is 2.07. The third-order valence-electron chi connectivity index (χ3n) is 5.10. The van der Waals surface area contributed by atoms with E-state index in [4.69, 9.17) is 4.74 Å². The van der Waals surface area contributed by atoms with Gasteiger partial charge in [0, 0.05) is 36.4 Å². The van der Waals surface area contributed by atoms with Crippen molar-refractivity contribution in [2.75, 3.05) is 6.61 Å². The molecule has 1 aromatic heterocycles. The Labute approximate surface area is 172 Å². The molecule has 0 radical (unpaired) electrons. The zero-order chi connectivity index (χ0) is 22.3. The van der Waals surface area contributed by atoms with Crippen molar-refractivity contribution < 1.29 is 27.1 Å². The topological polar surface area (TPSA) is 48.5 Å². The Morgan fingerprint density at radius 3 is 2.47 bits per heavy atom. The van der Waals surface area contributed by atoms with Gasteiger partial charge in [-0.15, -0.1) is 0 Å². The van der Waals surface area contributed by atoms with E-state index in [2.05, 4.69) is 4.99 Å². The first-order valence-electron chi connectivity index (χ1n) is 9.72. The Morgan fingerprint density at radius 2 is 1.90 bits per heavy atom. The molecule has 0 spiro atoms. The number of benzene rings is 1. The Morgan fingerprint density at radius 1 is 1.20 bits per heavy atom. The molecule has 0 unspecified atom stereocenters. The van der Waals surface area contributed by atoms with Gasteiger partial charge in [-0.1, -0.05) is 20.8 Å². The summed E-state index contributed by atoms with van der Waals surface area (Å²) in [7, 11) is 1.84.